The van der Waals surface area contributed by atoms with Gasteiger partial charge in [-0.15, -0.1) is 0 Å². The molecule has 1 fully saturated rings. The number of unbranched alkanes of at least 4 members (excludes halogenated alkanes) is 15. The molecule has 0 spiro atoms. The standard InChI is InChI=1S/C33H61NO7/c1-4-7-9-11-13-15-16-18-20-22-27(36)25-29(37)34-30-32(39-24-21-19-17-14-12-10-8-5-2)31(38)28(26-35)41-33(30)40-23-6-3/h6,23,28,30-33,35,38H,4-5,7-22,24-26H2,1-3H3,(H,34,37). The summed E-state index contributed by atoms with van der Waals surface area (Å²) >= 11 is 0. The van der Waals surface area contributed by atoms with E-state index >= 15 is 0 Å². The van der Waals surface area contributed by atoms with Gasteiger partial charge in [0.05, 0.1) is 19.3 Å². The zero-order valence-electron chi connectivity index (χ0n) is 26.3. The molecule has 0 aromatic carbocycles. The largest absolute Gasteiger partial charge is 0.471 e. The normalized spacial score (nSPS) is 22.7. The first-order valence-corrected chi connectivity index (χ1v) is 16.6. The number of hydrogen-bond acceptors (Lipinski definition) is 7. The average Bonchev–Trinajstić information content (AvgIpc) is 2.96. The van der Waals surface area contributed by atoms with Crippen LogP contribution in [0.3, 0.4) is 0 Å². The van der Waals surface area contributed by atoms with Crippen LogP contribution < -0.4 is 5.32 Å². The van der Waals surface area contributed by atoms with Crippen molar-refractivity contribution in [2.24, 2.45) is 0 Å². The molecule has 0 bridgehead atoms. The van der Waals surface area contributed by atoms with Crippen LogP contribution in [0.5, 0.6) is 0 Å². The van der Waals surface area contributed by atoms with Crippen LogP contribution in [0.4, 0.5) is 0 Å². The predicted molar refractivity (Wildman–Crippen MR) is 163 cm³/mol. The van der Waals surface area contributed by atoms with Crippen molar-refractivity contribution >= 4 is 11.7 Å². The van der Waals surface area contributed by atoms with Crippen LogP contribution >= 0.6 is 0 Å². The molecule has 8 heteroatoms. The molecule has 8 nitrogen and oxygen atoms in total. The van der Waals surface area contributed by atoms with Gasteiger partial charge in [0.15, 0.2) is 0 Å². The Balaban J connectivity index is 2.56. The summed E-state index contributed by atoms with van der Waals surface area (Å²) in [4.78, 5) is 25.4. The van der Waals surface area contributed by atoms with Crippen molar-refractivity contribution in [3.63, 3.8) is 0 Å². The minimum absolute atomic E-state index is 0.0988. The highest BCUT2D eigenvalue weighted by atomic mass is 16.7. The van der Waals surface area contributed by atoms with E-state index in [0.29, 0.717) is 13.0 Å². The van der Waals surface area contributed by atoms with Crippen LogP contribution in [0, 0.1) is 0 Å². The van der Waals surface area contributed by atoms with Crippen LogP contribution in [0.2, 0.25) is 0 Å². The van der Waals surface area contributed by atoms with E-state index in [1.807, 2.05) is 0 Å². The second-order valence-corrected chi connectivity index (χ2v) is 11.5. The zero-order chi connectivity index (χ0) is 30.1. The molecule has 1 heterocycles. The van der Waals surface area contributed by atoms with Gasteiger partial charge >= 0.3 is 0 Å². The fourth-order valence-electron chi connectivity index (χ4n) is 5.29. The molecule has 1 aliphatic heterocycles. The zero-order valence-corrected chi connectivity index (χ0v) is 26.3. The van der Waals surface area contributed by atoms with Crippen LogP contribution in [-0.2, 0) is 23.8 Å². The van der Waals surface area contributed by atoms with Crippen molar-refractivity contribution in [2.45, 2.75) is 173 Å². The number of rotatable bonds is 26. The quantitative estimate of drug-likeness (QED) is 0.0604. The summed E-state index contributed by atoms with van der Waals surface area (Å²) in [7, 11) is 0. The van der Waals surface area contributed by atoms with E-state index in [4.69, 9.17) is 14.2 Å². The molecule has 1 rings (SSSR count). The molecule has 0 saturated carbocycles. The van der Waals surface area contributed by atoms with Gasteiger partial charge in [0.2, 0.25) is 12.2 Å². The fraction of sp³-hybridized carbons (Fsp3) is 0.879. The van der Waals surface area contributed by atoms with Gasteiger partial charge in [0.25, 0.3) is 0 Å². The maximum atomic E-state index is 12.9. The molecule has 0 aromatic rings. The number of Topliss-reactive ketones (excluding diaryl/α,β-unsaturated/α-hetero) is 1. The Bertz CT molecular complexity index is 686. The van der Waals surface area contributed by atoms with E-state index in [1.54, 1.807) is 13.0 Å². The van der Waals surface area contributed by atoms with Gasteiger partial charge in [0, 0.05) is 13.0 Å². The Morgan fingerprint density at radius 1 is 0.829 bits per heavy atom. The van der Waals surface area contributed by atoms with Crippen molar-refractivity contribution in [2.75, 3.05) is 13.2 Å². The Morgan fingerprint density at radius 2 is 1.37 bits per heavy atom. The number of hydrogen-bond donors (Lipinski definition) is 3. The molecule has 41 heavy (non-hydrogen) atoms. The Labute approximate surface area is 250 Å². The minimum atomic E-state index is -1.15. The number of nitrogens with one attached hydrogen (secondary N) is 1. The third-order valence-corrected chi connectivity index (χ3v) is 7.76. The number of aliphatic hydroxyl groups excluding tert-OH is 2. The predicted octanol–water partition coefficient (Wildman–Crippen LogP) is 6.51. The lowest BCUT2D eigenvalue weighted by molar-refractivity contribution is -0.263. The van der Waals surface area contributed by atoms with Gasteiger partial charge in [-0.1, -0.05) is 116 Å². The maximum Gasteiger partial charge on any atom is 0.227 e. The van der Waals surface area contributed by atoms with Gasteiger partial charge in [-0.25, -0.2) is 0 Å². The lowest BCUT2D eigenvalue weighted by Gasteiger charge is -2.43. The lowest BCUT2D eigenvalue weighted by Crippen LogP contribution is -2.65. The van der Waals surface area contributed by atoms with E-state index in [1.165, 1.54) is 76.9 Å². The number of allylic oxidation sites excluding steroid dienone is 1. The highest BCUT2D eigenvalue weighted by Gasteiger charge is 2.47. The van der Waals surface area contributed by atoms with Crippen molar-refractivity contribution in [1.82, 2.24) is 5.32 Å². The van der Waals surface area contributed by atoms with Crippen molar-refractivity contribution in [3.05, 3.63) is 12.3 Å². The van der Waals surface area contributed by atoms with Gasteiger partial charge < -0.3 is 29.7 Å². The Morgan fingerprint density at radius 3 is 1.90 bits per heavy atom. The van der Waals surface area contributed by atoms with Crippen LogP contribution in [0.15, 0.2) is 12.3 Å². The first-order valence-electron chi connectivity index (χ1n) is 16.6. The summed E-state index contributed by atoms with van der Waals surface area (Å²) in [5.74, 6) is -0.540. The molecular weight excluding hydrogens is 522 g/mol. The van der Waals surface area contributed by atoms with Gasteiger partial charge in [-0.05, 0) is 19.8 Å². The number of carbonyl (C=O) groups is 2. The third kappa shape index (κ3) is 17.3. The summed E-state index contributed by atoms with van der Waals surface area (Å²) < 4.78 is 17.5. The highest BCUT2D eigenvalue weighted by Crippen LogP contribution is 2.25. The molecule has 1 aliphatic rings. The molecule has 5 unspecified atom stereocenters. The highest BCUT2D eigenvalue weighted by molar-refractivity contribution is 5.98. The summed E-state index contributed by atoms with van der Waals surface area (Å²) in [5.41, 5.74) is 0. The van der Waals surface area contributed by atoms with Gasteiger partial charge in [-0.3, -0.25) is 9.59 Å². The Kier molecular flexibility index (Phi) is 22.9. The van der Waals surface area contributed by atoms with Crippen LogP contribution in [0.1, 0.15) is 143 Å². The molecule has 1 amide bonds. The number of ketones is 1. The molecular formula is C33H61NO7. The van der Waals surface area contributed by atoms with Crippen LogP contribution in [-0.4, -0.2) is 65.8 Å². The fourth-order valence-corrected chi connectivity index (χ4v) is 5.29. The lowest BCUT2D eigenvalue weighted by atomic mass is 9.96. The molecule has 0 aliphatic carbocycles. The van der Waals surface area contributed by atoms with Crippen molar-refractivity contribution < 1.29 is 34.0 Å². The average molecular weight is 584 g/mol. The van der Waals surface area contributed by atoms with E-state index in [9.17, 15) is 19.8 Å². The molecule has 1 saturated heterocycles. The smallest absolute Gasteiger partial charge is 0.227 e. The van der Waals surface area contributed by atoms with E-state index < -0.39 is 43.2 Å². The molecule has 3 N–H and O–H groups in total. The third-order valence-electron chi connectivity index (χ3n) is 7.76. The molecule has 5 atom stereocenters. The van der Waals surface area contributed by atoms with E-state index in [0.717, 1.165) is 38.5 Å². The molecule has 0 aromatic heterocycles. The van der Waals surface area contributed by atoms with Gasteiger partial charge in [-0.2, -0.15) is 0 Å². The number of aliphatic hydroxyl groups is 2. The second-order valence-electron chi connectivity index (χ2n) is 11.5. The minimum Gasteiger partial charge on any atom is -0.471 e. The number of carbonyl (C=O) groups excluding carboxylic acids is 2. The summed E-state index contributed by atoms with van der Waals surface area (Å²) in [6.07, 6.45) is 19.2. The number of amides is 1. The number of ether oxygens (including phenoxy) is 3. The molecule has 240 valence electrons. The first kappa shape index (κ1) is 37.5. The van der Waals surface area contributed by atoms with E-state index in [-0.39, 0.29) is 12.2 Å². The maximum absolute atomic E-state index is 12.9. The van der Waals surface area contributed by atoms with Crippen LogP contribution in [0.25, 0.3) is 0 Å². The van der Waals surface area contributed by atoms with Crippen molar-refractivity contribution in [3.8, 4) is 0 Å². The first-order chi connectivity index (χ1) is 20.0. The molecule has 0 radical (unpaired) electrons. The van der Waals surface area contributed by atoms with Gasteiger partial charge in [0.1, 0.15) is 30.1 Å². The summed E-state index contributed by atoms with van der Waals surface area (Å²) in [6, 6.07) is -0.828. The second kappa shape index (κ2) is 25.1. The summed E-state index contributed by atoms with van der Waals surface area (Å²) in [5, 5.41) is 23.5. The summed E-state index contributed by atoms with van der Waals surface area (Å²) in [6.45, 7) is 6.22. The Hall–Kier alpha value is -1.48. The topological polar surface area (TPSA) is 114 Å². The van der Waals surface area contributed by atoms with Crippen molar-refractivity contribution in [1.29, 1.82) is 0 Å². The van der Waals surface area contributed by atoms with E-state index in [2.05, 4.69) is 19.2 Å². The monoisotopic (exact) mass is 583 g/mol. The SMILES string of the molecule is CC=COC1OC(CO)C(O)C(OCCCCCCCCCC)C1NC(=O)CC(=O)CCCCCCCCCCC.